The van der Waals surface area contributed by atoms with Gasteiger partial charge in [0, 0.05) is 5.54 Å². The lowest BCUT2D eigenvalue weighted by molar-refractivity contribution is -0.139. The first kappa shape index (κ1) is 16.9. The molecule has 0 amide bonds. The van der Waals surface area contributed by atoms with E-state index in [1.165, 1.54) is 0 Å². The average molecular weight is 254 g/mol. The molecule has 0 unspecified atom stereocenters. The summed E-state index contributed by atoms with van der Waals surface area (Å²) in [5, 5.41) is 17.8. The molecule has 4 nitrogen and oxygen atoms in total. The van der Waals surface area contributed by atoms with Gasteiger partial charge in [0.25, 0.3) is 0 Å². The second kappa shape index (κ2) is 6.75. The van der Waals surface area contributed by atoms with Gasteiger partial charge in [-0.3, -0.25) is 9.69 Å². The highest BCUT2D eigenvalue weighted by atomic mass is 16.4. The molecule has 0 aliphatic carbocycles. The summed E-state index contributed by atoms with van der Waals surface area (Å²) in [6, 6.07) is 2.28. The molecule has 0 fully saturated rings. The van der Waals surface area contributed by atoms with Gasteiger partial charge in [-0.15, -0.1) is 0 Å². The average Bonchev–Trinajstić information content (AvgIpc) is 2.20. The first-order chi connectivity index (χ1) is 8.08. The number of carbonyl (C=O) groups is 1. The van der Waals surface area contributed by atoms with E-state index in [2.05, 4.69) is 6.07 Å². The van der Waals surface area contributed by atoms with Gasteiger partial charge >= 0.3 is 5.97 Å². The summed E-state index contributed by atoms with van der Waals surface area (Å²) in [6.45, 7) is 10.8. The Morgan fingerprint density at radius 2 is 1.78 bits per heavy atom. The maximum atomic E-state index is 10.8. The highest BCUT2D eigenvalue weighted by molar-refractivity contribution is 5.69. The zero-order valence-corrected chi connectivity index (χ0v) is 12.3. The zero-order valence-electron chi connectivity index (χ0n) is 12.3. The number of carboxylic acids is 1. The predicted octanol–water partition coefficient (Wildman–Crippen LogP) is 2.89. The van der Waals surface area contributed by atoms with Gasteiger partial charge in [0.05, 0.1) is 18.0 Å². The van der Waals surface area contributed by atoms with Crippen molar-refractivity contribution in [2.24, 2.45) is 5.41 Å². The minimum Gasteiger partial charge on any atom is -0.480 e. The third-order valence-electron chi connectivity index (χ3n) is 3.06. The number of unbranched alkanes of at least 4 members (excludes halogenated alkanes) is 1. The smallest absolute Gasteiger partial charge is 0.317 e. The maximum absolute atomic E-state index is 10.8. The molecule has 0 aromatic rings. The van der Waals surface area contributed by atoms with Crippen LogP contribution >= 0.6 is 0 Å². The molecule has 0 rings (SSSR count). The minimum atomic E-state index is -0.790. The van der Waals surface area contributed by atoms with Crippen LogP contribution in [0.3, 0.4) is 0 Å². The summed E-state index contributed by atoms with van der Waals surface area (Å²) in [5.74, 6) is -0.790. The molecule has 0 aromatic heterocycles. The Hall–Kier alpha value is -1.08. The molecular formula is C14H26N2O2. The van der Waals surface area contributed by atoms with Crippen LogP contribution in [0.2, 0.25) is 0 Å². The van der Waals surface area contributed by atoms with E-state index in [1.54, 1.807) is 0 Å². The molecule has 0 heterocycles. The van der Waals surface area contributed by atoms with Crippen molar-refractivity contribution in [3.8, 4) is 6.07 Å². The van der Waals surface area contributed by atoms with Gasteiger partial charge in [-0.05, 0) is 54.0 Å². The molecule has 0 saturated carbocycles. The van der Waals surface area contributed by atoms with Crippen LogP contribution in [0.15, 0.2) is 0 Å². The van der Waals surface area contributed by atoms with Gasteiger partial charge in [-0.2, -0.15) is 5.26 Å². The summed E-state index contributed by atoms with van der Waals surface area (Å²) < 4.78 is 0. The molecule has 104 valence electrons. The van der Waals surface area contributed by atoms with E-state index in [-0.39, 0.29) is 17.5 Å². The van der Waals surface area contributed by atoms with Crippen molar-refractivity contribution < 1.29 is 9.90 Å². The van der Waals surface area contributed by atoms with Gasteiger partial charge in [0.1, 0.15) is 0 Å². The molecule has 0 aromatic carbocycles. The lowest BCUT2D eigenvalue weighted by Crippen LogP contribution is -2.44. The van der Waals surface area contributed by atoms with Crippen LogP contribution in [0.1, 0.15) is 53.9 Å². The Labute approximate surface area is 111 Å². The van der Waals surface area contributed by atoms with Crippen LogP contribution in [-0.4, -0.2) is 34.6 Å². The first-order valence-electron chi connectivity index (χ1n) is 6.46. The van der Waals surface area contributed by atoms with Crippen LogP contribution in [0, 0.1) is 16.7 Å². The van der Waals surface area contributed by atoms with Crippen LogP contribution in [0.5, 0.6) is 0 Å². The SMILES string of the molecule is CC(C)(C#N)CCCCN(CC(=O)O)C(C)(C)C. The van der Waals surface area contributed by atoms with Crippen LogP contribution in [0.4, 0.5) is 0 Å². The highest BCUT2D eigenvalue weighted by Crippen LogP contribution is 2.22. The normalized spacial score (nSPS) is 12.5. The van der Waals surface area contributed by atoms with E-state index >= 15 is 0 Å². The zero-order chi connectivity index (χ0) is 14.4. The third-order valence-corrected chi connectivity index (χ3v) is 3.06. The molecule has 0 radical (unpaired) electrons. The van der Waals surface area contributed by atoms with Crippen molar-refractivity contribution in [2.45, 2.75) is 59.4 Å². The molecule has 1 N–H and O–H groups in total. The molecule has 0 saturated heterocycles. The Morgan fingerprint density at radius 1 is 1.22 bits per heavy atom. The minimum absolute atomic E-state index is 0.0745. The molecule has 0 aliphatic heterocycles. The van der Waals surface area contributed by atoms with Gasteiger partial charge in [-0.25, -0.2) is 0 Å². The van der Waals surface area contributed by atoms with Crippen molar-refractivity contribution >= 4 is 5.97 Å². The van der Waals surface area contributed by atoms with E-state index in [0.717, 1.165) is 25.8 Å². The lowest BCUT2D eigenvalue weighted by atomic mass is 9.89. The predicted molar refractivity (Wildman–Crippen MR) is 72.2 cm³/mol. The number of rotatable bonds is 7. The van der Waals surface area contributed by atoms with Crippen molar-refractivity contribution in [3.05, 3.63) is 0 Å². The van der Waals surface area contributed by atoms with Crippen LogP contribution in [-0.2, 0) is 4.79 Å². The number of hydrogen-bond donors (Lipinski definition) is 1. The van der Waals surface area contributed by atoms with Gasteiger partial charge in [-0.1, -0.05) is 6.42 Å². The molecule has 4 heteroatoms. The summed E-state index contributed by atoms with van der Waals surface area (Å²) in [4.78, 5) is 12.8. The summed E-state index contributed by atoms with van der Waals surface area (Å²) in [7, 11) is 0. The second-order valence-electron chi connectivity index (χ2n) is 6.44. The van der Waals surface area contributed by atoms with E-state index in [4.69, 9.17) is 10.4 Å². The van der Waals surface area contributed by atoms with Gasteiger partial charge in [0.2, 0.25) is 0 Å². The number of hydrogen-bond acceptors (Lipinski definition) is 3. The fourth-order valence-electron chi connectivity index (χ4n) is 1.74. The van der Waals surface area contributed by atoms with Crippen LogP contribution < -0.4 is 0 Å². The van der Waals surface area contributed by atoms with E-state index in [1.807, 2.05) is 39.5 Å². The van der Waals surface area contributed by atoms with Crippen LogP contribution in [0.25, 0.3) is 0 Å². The monoisotopic (exact) mass is 254 g/mol. The molecular weight excluding hydrogens is 228 g/mol. The van der Waals surface area contributed by atoms with E-state index in [9.17, 15) is 4.79 Å². The number of carboxylic acid groups (broad SMARTS) is 1. The number of nitrogens with zero attached hydrogens (tertiary/aromatic N) is 2. The van der Waals surface area contributed by atoms with Gasteiger partial charge < -0.3 is 5.11 Å². The maximum Gasteiger partial charge on any atom is 0.317 e. The lowest BCUT2D eigenvalue weighted by Gasteiger charge is -2.34. The Balaban J connectivity index is 4.14. The largest absolute Gasteiger partial charge is 0.480 e. The Bertz CT molecular complexity index is 311. The third kappa shape index (κ3) is 7.29. The topological polar surface area (TPSA) is 64.3 Å². The van der Waals surface area contributed by atoms with Crippen molar-refractivity contribution in [3.63, 3.8) is 0 Å². The van der Waals surface area contributed by atoms with Crippen molar-refractivity contribution in [1.82, 2.24) is 4.90 Å². The fourth-order valence-corrected chi connectivity index (χ4v) is 1.74. The first-order valence-corrected chi connectivity index (χ1v) is 6.46. The molecule has 0 aliphatic rings. The Kier molecular flexibility index (Phi) is 6.34. The van der Waals surface area contributed by atoms with E-state index in [0.29, 0.717) is 0 Å². The number of aliphatic carboxylic acids is 1. The van der Waals surface area contributed by atoms with Gasteiger partial charge in [0.15, 0.2) is 0 Å². The van der Waals surface area contributed by atoms with Crippen molar-refractivity contribution in [2.75, 3.05) is 13.1 Å². The summed E-state index contributed by atoms with van der Waals surface area (Å²) in [6.07, 6.45) is 2.73. The summed E-state index contributed by atoms with van der Waals surface area (Å²) in [5.41, 5.74) is -0.414. The molecule has 18 heavy (non-hydrogen) atoms. The highest BCUT2D eigenvalue weighted by Gasteiger charge is 2.23. The second-order valence-corrected chi connectivity index (χ2v) is 6.44. The molecule has 0 bridgehead atoms. The molecule has 0 spiro atoms. The quantitative estimate of drug-likeness (QED) is 0.709. The fraction of sp³-hybridized carbons (Fsp3) is 0.857. The summed E-state index contributed by atoms with van der Waals surface area (Å²) >= 11 is 0. The molecule has 0 atom stereocenters. The standard InChI is InChI=1S/C14H26N2O2/c1-13(2,3)16(10-12(17)18)9-7-6-8-14(4,5)11-15/h6-10H2,1-5H3,(H,17,18). The number of nitriles is 1. The van der Waals surface area contributed by atoms with Crippen molar-refractivity contribution in [1.29, 1.82) is 5.26 Å². The Morgan fingerprint density at radius 3 is 2.17 bits per heavy atom. The van der Waals surface area contributed by atoms with E-state index < -0.39 is 5.97 Å².